The fourth-order valence-corrected chi connectivity index (χ4v) is 9.24. The summed E-state index contributed by atoms with van der Waals surface area (Å²) in [5, 5.41) is 45.1. The maximum Gasteiger partial charge on any atom is 0.328 e. The minimum Gasteiger partial charge on any atom is -0.504 e. The van der Waals surface area contributed by atoms with Crippen LogP contribution in [-0.4, -0.2) is 81.3 Å². The van der Waals surface area contributed by atoms with E-state index in [9.17, 15) is 44.4 Å². The van der Waals surface area contributed by atoms with Gasteiger partial charge < -0.3 is 35.2 Å². The van der Waals surface area contributed by atoms with E-state index in [0.717, 1.165) is 25.5 Å². The molecule has 0 aliphatic heterocycles. The van der Waals surface area contributed by atoms with E-state index in [2.05, 4.69) is 12.2 Å². The first-order valence-electron chi connectivity index (χ1n) is 16.3. The number of allylic oxidation sites excluding steroid dienone is 1. The number of hydrogen-bond acceptors (Lipinski definition) is 11. The van der Waals surface area contributed by atoms with Crippen molar-refractivity contribution in [3.8, 4) is 11.5 Å². The molecular formula is C35H45NO11. The van der Waals surface area contributed by atoms with E-state index in [4.69, 9.17) is 9.47 Å². The molecular weight excluding hydrogens is 610 g/mol. The Morgan fingerprint density at radius 1 is 1.04 bits per heavy atom. The first kappa shape index (κ1) is 34.6. The minimum atomic E-state index is -1.79. The van der Waals surface area contributed by atoms with Gasteiger partial charge in [0, 0.05) is 24.7 Å². The molecule has 0 saturated heterocycles. The zero-order valence-corrected chi connectivity index (χ0v) is 27.1. The van der Waals surface area contributed by atoms with Crippen molar-refractivity contribution in [2.24, 2.45) is 28.6 Å². The molecule has 1 aromatic carbocycles. The molecule has 8 atom stereocenters. The smallest absolute Gasteiger partial charge is 0.328 e. The van der Waals surface area contributed by atoms with Gasteiger partial charge in [-0.15, -0.1) is 0 Å². The number of nitrogens with one attached hydrogen (secondary N) is 1. The van der Waals surface area contributed by atoms with Gasteiger partial charge in [0.05, 0.1) is 19.6 Å². The molecule has 0 radical (unpaired) electrons. The largest absolute Gasteiger partial charge is 0.504 e. The average molecular weight is 656 g/mol. The summed E-state index contributed by atoms with van der Waals surface area (Å²) in [6.45, 7) is 3.31. The highest BCUT2D eigenvalue weighted by molar-refractivity contribution is 5.92. The first-order valence-corrected chi connectivity index (χ1v) is 16.3. The Bertz CT molecular complexity index is 1490. The van der Waals surface area contributed by atoms with E-state index in [0.29, 0.717) is 24.8 Å². The molecule has 1 aromatic rings. The number of Topliss-reactive ketones (excluding diaryl/α,β-unsaturated/α-hetero) is 1. The van der Waals surface area contributed by atoms with Crippen LogP contribution >= 0.6 is 0 Å². The number of rotatable bonds is 10. The van der Waals surface area contributed by atoms with Crippen LogP contribution in [0.2, 0.25) is 0 Å². The maximum absolute atomic E-state index is 13.5. The number of hydrogen-bond donors (Lipinski definition) is 5. The summed E-state index contributed by atoms with van der Waals surface area (Å²) >= 11 is 0. The number of fused-ring (bicyclic) bond motifs is 5. The second-order valence-electron chi connectivity index (χ2n) is 14.2. The summed E-state index contributed by atoms with van der Waals surface area (Å²) in [7, 11) is 1.15. The van der Waals surface area contributed by atoms with Gasteiger partial charge in [-0.3, -0.25) is 19.2 Å². The summed E-state index contributed by atoms with van der Waals surface area (Å²) in [5.41, 5.74) is -1.47. The SMILES string of the molecule is COC(=O)C(Cc1ccc(O)c(O)c1)NC(=O)CCC(=O)OCC(=O)[C@@]1(O)CC[C@H]2[C@@H]3CCC4=CC(=O)CC[C@]4(C)[C@H]3[C@@H](O)C[C@@]21C. The van der Waals surface area contributed by atoms with Crippen molar-refractivity contribution >= 4 is 29.4 Å². The van der Waals surface area contributed by atoms with Gasteiger partial charge in [-0.1, -0.05) is 25.5 Å². The predicted octanol–water partition coefficient (Wildman–Crippen LogP) is 2.42. The average Bonchev–Trinajstić information content (AvgIpc) is 3.30. The highest BCUT2D eigenvalue weighted by Crippen LogP contribution is 2.67. The number of methoxy groups -OCH3 is 1. The molecule has 256 valence electrons. The van der Waals surface area contributed by atoms with Gasteiger partial charge >= 0.3 is 11.9 Å². The quantitative estimate of drug-likeness (QED) is 0.183. The highest BCUT2D eigenvalue weighted by atomic mass is 16.5. The van der Waals surface area contributed by atoms with Gasteiger partial charge in [-0.25, -0.2) is 4.79 Å². The Hall–Kier alpha value is -3.77. The van der Waals surface area contributed by atoms with Crippen LogP contribution < -0.4 is 5.32 Å². The lowest BCUT2D eigenvalue weighted by Crippen LogP contribution is -2.62. The highest BCUT2D eigenvalue weighted by Gasteiger charge is 2.68. The topological polar surface area (TPSA) is 197 Å². The standard InChI is InChI=1S/C35H45NO11/c1-33-12-10-21(37)16-20(33)5-6-22-23-11-13-35(45,34(23,2)17-27(40)31(22)33)28(41)18-47-30(43)9-8-29(42)36-24(32(44)46-3)14-19-4-7-25(38)26(39)15-19/h4,7,15-16,22-24,27,31,38-40,45H,5-6,8-14,17-18H2,1-3H3,(H,36,42)/t22-,23-,24?,27-,31+,33-,34-,35-/m0/s1. The zero-order valence-electron chi connectivity index (χ0n) is 27.1. The predicted molar refractivity (Wildman–Crippen MR) is 166 cm³/mol. The number of esters is 2. The Morgan fingerprint density at radius 2 is 1.79 bits per heavy atom. The molecule has 12 heteroatoms. The van der Waals surface area contributed by atoms with Crippen LogP contribution in [0.3, 0.4) is 0 Å². The van der Waals surface area contributed by atoms with Crippen LogP contribution in [0.25, 0.3) is 0 Å². The first-order chi connectivity index (χ1) is 22.1. The summed E-state index contributed by atoms with van der Waals surface area (Å²) in [4.78, 5) is 63.1. The molecule has 0 spiro atoms. The molecule has 4 aliphatic carbocycles. The van der Waals surface area contributed by atoms with Crippen molar-refractivity contribution in [3.63, 3.8) is 0 Å². The van der Waals surface area contributed by atoms with E-state index < -0.39 is 53.4 Å². The summed E-state index contributed by atoms with van der Waals surface area (Å²) < 4.78 is 9.96. The van der Waals surface area contributed by atoms with Gasteiger partial charge in [-0.2, -0.15) is 0 Å². The van der Waals surface area contributed by atoms with Crippen LogP contribution in [-0.2, 0) is 39.9 Å². The number of phenols is 2. The number of aliphatic hydroxyl groups is 2. The van der Waals surface area contributed by atoms with Crippen molar-refractivity contribution in [2.75, 3.05) is 13.7 Å². The molecule has 4 aliphatic rings. The maximum atomic E-state index is 13.5. The fraction of sp³-hybridized carbons (Fsp3) is 0.629. The second kappa shape index (κ2) is 13.0. The van der Waals surface area contributed by atoms with E-state index in [-0.39, 0.29) is 72.6 Å². The third kappa shape index (κ3) is 6.29. The molecule has 1 unspecified atom stereocenters. The Kier molecular flexibility index (Phi) is 9.58. The Labute approximate surface area is 273 Å². The lowest BCUT2D eigenvalue weighted by Gasteiger charge is -2.60. The molecule has 3 saturated carbocycles. The Morgan fingerprint density at radius 3 is 2.49 bits per heavy atom. The number of aliphatic hydroxyl groups excluding tert-OH is 1. The molecule has 5 rings (SSSR count). The number of ketones is 2. The normalized spacial score (nSPS) is 33.4. The van der Waals surface area contributed by atoms with Crippen LogP contribution in [0.5, 0.6) is 11.5 Å². The van der Waals surface area contributed by atoms with Crippen molar-refractivity contribution < 1.29 is 53.9 Å². The number of amides is 1. The molecule has 0 heterocycles. The van der Waals surface area contributed by atoms with Gasteiger partial charge in [0.15, 0.2) is 23.9 Å². The van der Waals surface area contributed by atoms with Gasteiger partial charge in [0.25, 0.3) is 0 Å². The van der Waals surface area contributed by atoms with Crippen LogP contribution in [0.4, 0.5) is 0 Å². The monoisotopic (exact) mass is 655 g/mol. The van der Waals surface area contributed by atoms with Gasteiger partial charge in [-0.05, 0) is 85.5 Å². The third-order valence-corrected chi connectivity index (χ3v) is 11.7. The van der Waals surface area contributed by atoms with Gasteiger partial charge in [0.2, 0.25) is 11.7 Å². The van der Waals surface area contributed by atoms with Gasteiger partial charge in [0.1, 0.15) is 11.6 Å². The van der Waals surface area contributed by atoms with Crippen LogP contribution in [0, 0.1) is 28.6 Å². The van der Waals surface area contributed by atoms with E-state index >= 15 is 0 Å². The number of ether oxygens (including phenoxy) is 2. The molecule has 1 amide bonds. The fourth-order valence-electron chi connectivity index (χ4n) is 9.24. The van der Waals surface area contributed by atoms with Crippen molar-refractivity contribution in [3.05, 3.63) is 35.4 Å². The number of carbonyl (C=O) groups is 5. The number of benzene rings is 1. The molecule has 5 N–H and O–H groups in total. The van der Waals surface area contributed by atoms with Crippen molar-refractivity contribution in [1.82, 2.24) is 5.32 Å². The lowest BCUT2D eigenvalue weighted by atomic mass is 9.45. The Balaban J connectivity index is 1.16. The number of aromatic hydroxyl groups is 2. The summed E-state index contributed by atoms with van der Waals surface area (Å²) in [5.74, 6) is -3.47. The minimum absolute atomic E-state index is 0.0199. The van der Waals surface area contributed by atoms with E-state index in [1.54, 1.807) is 6.08 Å². The van der Waals surface area contributed by atoms with Crippen molar-refractivity contribution in [2.45, 2.75) is 95.8 Å². The van der Waals surface area contributed by atoms with E-state index in [1.807, 2.05) is 6.92 Å². The molecule has 0 aromatic heterocycles. The number of phenolic OH excluding ortho intramolecular Hbond substituents is 2. The summed E-state index contributed by atoms with van der Waals surface area (Å²) in [6.07, 6.45) is 3.87. The molecule has 12 nitrogen and oxygen atoms in total. The lowest BCUT2D eigenvalue weighted by molar-refractivity contribution is -0.184. The van der Waals surface area contributed by atoms with Crippen LogP contribution in [0.15, 0.2) is 29.8 Å². The number of carbonyl (C=O) groups excluding carboxylic acids is 5. The van der Waals surface area contributed by atoms with Crippen LogP contribution in [0.1, 0.15) is 77.2 Å². The van der Waals surface area contributed by atoms with E-state index in [1.165, 1.54) is 18.2 Å². The summed E-state index contributed by atoms with van der Waals surface area (Å²) in [6, 6.07) is 2.85. The molecule has 3 fully saturated rings. The molecule has 47 heavy (non-hydrogen) atoms. The zero-order chi connectivity index (χ0) is 34.3. The molecule has 0 bridgehead atoms. The second-order valence-corrected chi connectivity index (χ2v) is 14.2. The third-order valence-electron chi connectivity index (χ3n) is 11.7. The van der Waals surface area contributed by atoms with Crippen molar-refractivity contribution in [1.29, 1.82) is 0 Å².